The largest absolute Gasteiger partial charge is 0.456 e. The van der Waals surface area contributed by atoms with Crippen molar-refractivity contribution in [3.8, 4) is 5.75 Å². The molecule has 0 aliphatic heterocycles. The Morgan fingerprint density at radius 3 is 2.32 bits per heavy atom. The molecule has 0 fully saturated rings. The summed E-state index contributed by atoms with van der Waals surface area (Å²) in [4.78, 5) is 16.1. The van der Waals surface area contributed by atoms with E-state index in [1.165, 1.54) is 0 Å². The lowest BCUT2D eigenvalue weighted by Crippen LogP contribution is -2.12. The van der Waals surface area contributed by atoms with Crippen molar-refractivity contribution in [2.75, 3.05) is 12.4 Å². The molecule has 0 saturated heterocycles. The number of carbonyl (C=O) groups excluding carboxylic acids is 1. The molecule has 0 saturated carbocycles. The van der Waals surface area contributed by atoms with E-state index in [0.717, 1.165) is 0 Å². The van der Waals surface area contributed by atoms with Gasteiger partial charge in [-0.3, -0.25) is 9.79 Å². The van der Waals surface area contributed by atoms with Gasteiger partial charge in [0.1, 0.15) is 11.5 Å². The molecule has 0 aromatic heterocycles. The molecular weight excluding hydrogens is 336 g/mol. The van der Waals surface area contributed by atoms with Gasteiger partial charge >= 0.3 is 0 Å². The Morgan fingerprint density at radius 1 is 1.12 bits per heavy atom. The number of ether oxygens (including phenoxy) is 1. The van der Waals surface area contributed by atoms with Gasteiger partial charge in [-0.05, 0) is 49.4 Å². The van der Waals surface area contributed by atoms with Crippen molar-refractivity contribution in [1.82, 2.24) is 0 Å². The molecule has 132 valence electrons. The fourth-order valence-electron chi connectivity index (χ4n) is 1.87. The highest BCUT2D eigenvalue weighted by atomic mass is 35.5. The Labute approximate surface area is 154 Å². The average Bonchev–Trinajstić information content (AvgIpc) is 2.65. The zero-order chi connectivity index (χ0) is 18.7. The lowest BCUT2D eigenvalue weighted by atomic mass is 10.2. The molecule has 2 aromatic carbocycles. The normalized spacial score (nSPS) is 10.8. The lowest BCUT2D eigenvalue weighted by Gasteiger charge is -2.09. The van der Waals surface area contributed by atoms with Gasteiger partial charge in [0.25, 0.3) is 5.91 Å². The van der Waals surface area contributed by atoms with Crippen LogP contribution >= 0.6 is 11.6 Å². The van der Waals surface area contributed by atoms with Crippen molar-refractivity contribution in [2.24, 2.45) is 4.99 Å². The zero-order valence-electron chi connectivity index (χ0n) is 14.9. The number of carbonyl (C=O) groups is 1. The number of hydrogen-bond donors (Lipinski definition) is 1. The van der Waals surface area contributed by atoms with Crippen LogP contribution in [-0.4, -0.2) is 19.2 Å². The first-order valence-electron chi connectivity index (χ1n) is 8.06. The number of amides is 1. The van der Waals surface area contributed by atoms with E-state index in [4.69, 9.17) is 16.3 Å². The molecule has 1 N–H and O–H groups in total. The number of anilines is 1. The van der Waals surface area contributed by atoms with Crippen molar-refractivity contribution in [3.63, 3.8) is 0 Å². The fourth-order valence-corrected chi connectivity index (χ4v) is 2.09. The van der Waals surface area contributed by atoms with E-state index in [0.29, 0.717) is 27.8 Å². The minimum Gasteiger partial charge on any atom is -0.456 e. The Balaban J connectivity index is 0.00000151. The van der Waals surface area contributed by atoms with E-state index in [9.17, 15) is 4.79 Å². The van der Waals surface area contributed by atoms with Gasteiger partial charge in [0.15, 0.2) is 0 Å². The van der Waals surface area contributed by atoms with Crippen LogP contribution in [0.1, 0.15) is 31.1 Å². The van der Waals surface area contributed by atoms with E-state index in [1.807, 2.05) is 26.8 Å². The number of nitrogens with zero attached hydrogens (tertiary/aromatic N) is 1. The van der Waals surface area contributed by atoms with Crippen LogP contribution in [0.3, 0.4) is 0 Å². The van der Waals surface area contributed by atoms with Crippen molar-refractivity contribution in [1.29, 1.82) is 0 Å². The van der Waals surface area contributed by atoms with E-state index in [2.05, 4.69) is 10.3 Å². The van der Waals surface area contributed by atoms with E-state index < -0.39 is 0 Å². The summed E-state index contributed by atoms with van der Waals surface area (Å²) in [5, 5.41) is 3.22. The third-order valence-electron chi connectivity index (χ3n) is 3.01. The molecule has 0 heterocycles. The number of aliphatic imine (C=N–C) groups is 1. The van der Waals surface area contributed by atoms with Crippen LogP contribution in [0, 0.1) is 0 Å². The van der Waals surface area contributed by atoms with Crippen LogP contribution in [0.5, 0.6) is 5.75 Å². The first kappa shape index (κ1) is 20.5. The van der Waals surface area contributed by atoms with Crippen LogP contribution in [-0.2, 0) is 0 Å². The molecule has 4 nitrogen and oxygen atoms in total. The number of allylic oxidation sites excluding steroid dienone is 2. The summed E-state index contributed by atoms with van der Waals surface area (Å²) in [7, 11) is 1.68. The molecule has 1 amide bonds. The zero-order valence-corrected chi connectivity index (χ0v) is 15.7. The predicted octanol–water partition coefficient (Wildman–Crippen LogP) is 5.60. The van der Waals surface area contributed by atoms with Crippen LogP contribution in [0.4, 0.5) is 5.69 Å². The second-order valence-corrected chi connectivity index (χ2v) is 5.05. The summed E-state index contributed by atoms with van der Waals surface area (Å²) in [5.41, 5.74) is 1.10. The standard InChI is InChI=1S/C18H17ClN2O2.C2H6/c1-3-14(12-20-2)23-15-10-8-13(9-11-15)21-18(22)16-6-4-5-7-17(16)19;1-2/h3-12H,1-2H3,(H,21,22);1-2H3/b14-3+,20-12?;. The lowest BCUT2D eigenvalue weighted by molar-refractivity contribution is 0.102. The fraction of sp³-hybridized carbons (Fsp3) is 0.200. The van der Waals surface area contributed by atoms with Gasteiger partial charge < -0.3 is 10.1 Å². The van der Waals surface area contributed by atoms with Gasteiger partial charge in [-0.2, -0.15) is 0 Å². The molecule has 0 aliphatic rings. The summed E-state index contributed by atoms with van der Waals surface area (Å²) in [5.74, 6) is 1.06. The average molecular weight is 359 g/mol. The van der Waals surface area contributed by atoms with Gasteiger partial charge in [-0.1, -0.05) is 37.6 Å². The van der Waals surface area contributed by atoms with Crippen molar-refractivity contribution < 1.29 is 9.53 Å². The van der Waals surface area contributed by atoms with Crippen molar-refractivity contribution in [3.05, 3.63) is 71.0 Å². The molecule has 25 heavy (non-hydrogen) atoms. The van der Waals surface area contributed by atoms with Gasteiger partial charge in [0.2, 0.25) is 0 Å². The third kappa shape index (κ3) is 6.43. The molecule has 0 bridgehead atoms. The van der Waals surface area contributed by atoms with Crippen LogP contribution in [0.2, 0.25) is 5.02 Å². The number of nitrogens with one attached hydrogen (secondary N) is 1. The van der Waals surface area contributed by atoms with Gasteiger partial charge in [0.05, 0.1) is 16.8 Å². The molecule has 0 radical (unpaired) electrons. The molecule has 2 rings (SSSR count). The first-order chi connectivity index (χ1) is 12.1. The molecule has 2 aromatic rings. The summed E-state index contributed by atoms with van der Waals surface area (Å²) in [6, 6.07) is 14.0. The summed E-state index contributed by atoms with van der Waals surface area (Å²) in [6.07, 6.45) is 3.45. The first-order valence-corrected chi connectivity index (χ1v) is 8.44. The Morgan fingerprint density at radius 2 is 1.76 bits per heavy atom. The molecule has 0 aliphatic carbocycles. The smallest absolute Gasteiger partial charge is 0.257 e. The van der Waals surface area contributed by atoms with Crippen molar-refractivity contribution in [2.45, 2.75) is 20.8 Å². The summed E-state index contributed by atoms with van der Waals surface area (Å²) >= 11 is 6.01. The second-order valence-electron chi connectivity index (χ2n) is 4.64. The van der Waals surface area contributed by atoms with Gasteiger partial charge in [0, 0.05) is 12.7 Å². The van der Waals surface area contributed by atoms with Gasteiger partial charge in [-0.15, -0.1) is 0 Å². The van der Waals surface area contributed by atoms with Crippen LogP contribution in [0.25, 0.3) is 0 Å². The highest BCUT2D eigenvalue weighted by Gasteiger charge is 2.09. The molecule has 0 atom stereocenters. The highest BCUT2D eigenvalue weighted by molar-refractivity contribution is 6.34. The molecule has 0 spiro atoms. The molecule has 5 heteroatoms. The monoisotopic (exact) mass is 358 g/mol. The van der Waals surface area contributed by atoms with Crippen LogP contribution < -0.4 is 10.1 Å². The molecule has 0 unspecified atom stereocenters. The Hall–Kier alpha value is -2.59. The van der Waals surface area contributed by atoms with Crippen molar-refractivity contribution >= 4 is 29.4 Å². The number of benzene rings is 2. The number of hydrogen-bond acceptors (Lipinski definition) is 3. The summed E-state index contributed by atoms with van der Waals surface area (Å²) in [6.45, 7) is 5.87. The summed E-state index contributed by atoms with van der Waals surface area (Å²) < 4.78 is 5.65. The van der Waals surface area contributed by atoms with Gasteiger partial charge in [-0.25, -0.2) is 0 Å². The number of rotatable bonds is 5. The van der Waals surface area contributed by atoms with E-state index >= 15 is 0 Å². The second kappa shape index (κ2) is 11.0. The molecular formula is C20H23ClN2O2. The highest BCUT2D eigenvalue weighted by Crippen LogP contribution is 2.20. The minimum absolute atomic E-state index is 0.253. The predicted molar refractivity (Wildman–Crippen MR) is 106 cm³/mol. The number of halogens is 1. The quantitative estimate of drug-likeness (QED) is 0.558. The third-order valence-corrected chi connectivity index (χ3v) is 3.34. The minimum atomic E-state index is -0.253. The SMILES string of the molecule is C/C=C(\C=NC)Oc1ccc(NC(=O)c2ccccc2Cl)cc1.CC. The maximum Gasteiger partial charge on any atom is 0.257 e. The maximum atomic E-state index is 12.2. The topological polar surface area (TPSA) is 50.7 Å². The van der Waals surface area contributed by atoms with Crippen LogP contribution in [0.15, 0.2) is 65.4 Å². The van der Waals surface area contributed by atoms with E-state index in [1.54, 1.807) is 61.8 Å². The van der Waals surface area contributed by atoms with E-state index in [-0.39, 0.29) is 5.91 Å². The Kier molecular flexibility index (Phi) is 9.04. The Bertz CT molecular complexity index is 738. The maximum absolute atomic E-state index is 12.2.